The first kappa shape index (κ1) is 20.7. The first-order valence-corrected chi connectivity index (χ1v) is 11.2. The van der Waals surface area contributed by atoms with E-state index in [1.54, 1.807) is 4.90 Å². The van der Waals surface area contributed by atoms with Gasteiger partial charge in [-0.3, -0.25) is 9.69 Å². The van der Waals surface area contributed by atoms with Gasteiger partial charge in [0.25, 0.3) is 5.91 Å². The average Bonchev–Trinajstić information content (AvgIpc) is 2.77. The third kappa shape index (κ3) is 4.96. The maximum absolute atomic E-state index is 13.1. The fourth-order valence-corrected chi connectivity index (χ4v) is 4.43. The van der Waals surface area contributed by atoms with Crippen LogP contribution in [0.2, 0.25) is 5.02 Å². The highest BCUT2D eigenvalue weighted by molar-refractivity contribution is 6.30. The lowest BCUT2D eigenvalue weighted by Crippen LogP contribution is -2.49. The second kappa shape index (κ2) is 9.52. The van der Waals surface area contributed by atoms with Crippen molar-refractivity contribution in [1.29, 1.82) is 0 Å². The second-order valence-corrected chi connectivity index (χ2v) is 8.63. The maximum Gasteiger partial charge on any atom is 0.324 e. The fourth-order valence-electron chi connectivity index (χ4n) is 4.31. The van der Waals surface area contributed by atoms with E-state index in [9.17, 15) is 9.59 Å². The Morgan fingerprint density at radius 1 is 1.00 bits per heavy atom. The molecule has 1 heterocycles. The number of hydrogen-bond acceptors (Lipinski definition) is 2. The van der Waals surface area contributed by atoms with Crippen molar-refractivity contribution in [3.63, 3.8) is 0 Å². The van der Waals surface area contributed by atoms with Gasteiger partial charge in [0.15, 0.2) is 0 Å². The van der Waals surface area contributed by atoms with Gasteiger partial charge in [-0.2, -0.15) is 0 Å². The zero-order valence-corrected chi connectivity index (χ0v) is 17.9. The Balaban J connectivity index is 1.44. The standard InChI is InChI=1S/C24H28ClN3O2/c25-20-12-10-18(11-13-20)17-27-14-5-15-28(24(27)30)22-9-4-6-19(16-22)23(29)26-21-7-2-1-3-8-21/h4,6,9-13,16,21H,1-3,5,7-8,14-15,17H2,(H,26,29). The predicted molar refractivity (Wildman–Crippen MR) is 120 cm³/mol. The van der Waals surface area contributed by atoms with Gasteiger partial charge in [0, 0.05) is 41.9 Å². The Morgan fingerprint density at radius 3 is 2.53 bits per heavy atom. The molecule has 1 aliphatic heterocycles. The number of benzene rings is 2. The van der Waals surface area contributed by atoms with E-state index < -0.39 is 0 Å². The van der Waals surface area contributed by atoms with Gasteiger partial charge in [-0.15, -0.1) is 0 Å². The third-order valence-electron chi connectivity index (χ3n) is 5.96. The number of hydrogen-bond donors (Lipinski definition) is 1. The van der Waals surface area contributed by atoms with Crippen molar-refractivity contribution in [2.24, 2.45) is 0 Å². The minimum Gasteiger partial charge on any atom is -0.349 e. The molecule has 6 heteroatoms. The van der Waals surface area contributed by atoms with Gasteiger partial charge in [0.2, 0.25) is 0 Å². The van der Waals surface area contributed by atoms with E-state index in [4.69, 9.17) is 11.6 Å². The summed E-state index contributed by atoms with van der Waals surface area (Å²) >= 11 is 5.97. The van der Waals surface area contributed by atoms with Crippen LogP contribution in [0.15, 0.2) is 48.5 Å². The summed E-state index contributed by atoms with van der Waals surface area (Å²) in [4.78, 5) is 29.5. The fraction of sp³-hybridized carbons (Fsp3) is 0.417. The van der Waals surface area contributed by atoms with Crippen LogP contribution in [0.25, 0.3) is 0 Å². The van der Waals surface area contributed by atoms with Crippen molar-refractivity contribution >= 4 is 29.2 Å². The molecule has 1 saturated heterocycles. The lowest BCUT2D eigenvalue weighted by molar-refractivity contribution is 0.0927. The van der Waals surface area contributed by atoms with Crippen molar-refractivity contribution in [2.75, 3.05) is 18.0 Å². The maximum atomic E-state index is 13.1. The van der Waals surface area contributed by atoms with Crippen LogP contribution in [-0.4, -0.2) is 36.0 Å². The van der Waals surface area contributed by atoms with Crippen LogP contribution < -0.4 is 10.2 Å². The smallest absolute Gasteiger partial charge is 0.324 e. The Labute approximate surface area is 183 Å². The zero-order chi connectivity index (χ0) is 20.9. The molecule has 2 aromatic rings. The minimum atomic E-state index is -0.0498. The first-order chi connectivity index (χ1) is 14.6. The number of anilines is 1. The molecule has 0 spiro atoms. The number of nitrogens with zero attached hydrogens (tertiary/aromatic N) is 2. The first-order valence-electron chi connectivity index (χ1n) is 10.8. The largest absolute Gasteiger partial charge is 0.349 e. The lowest BCUT2D eigenvalue weighted by atomic mass is 9.95. The number of urea groups is 1. The predicted octanol–water partition coefficient (Wildman–Crippen LogP) is 5.23. The highest BCUT2D eigenvalue weighted by atomic mass is 35.5. The van der Waals surface area contributed by atoms with Crippen molar-refractivity contribution in [1.82, 2.24) is 10.2 Å². The number of carbonyl (C=O) groups is 2. The molecule has 30 heavy (non-hydrogen) atoms. The molecular formula is C24H28ClN3O2. The summed E-state index contributed by atoms with van der Waals surface area (Å²) in [6, 6.07) is 15.2. The Morgan fingerprint density at radius 2 is 1.77 bits per heavy atom. The van der Waals surface area contributed by atoms with Gasteiger partial charge in [-0.05, 0) is 55.2 Å². The van der Waals surface area contributed by atoms with E-state index in [1.807, 2.05) is 53.4 Å². The Hall–Kier alpha value is -2.53. The summed E-state index contributed by atoms with van der Waals surface area (Å²) in [6.45, 7) is 1.93. The van der Waals surface area contributed by atoms with Crippen molar-refractivity contribution in [2.45, 2.75) is 51.1 Å². The highest BCUT2D eigenvalue weighted by Crippen LogP contribution is 2.24. The number of amides is 3. The summed E-state index contributed by atoms with van der Waals surface area (Å²) < 4.78 is 0. The third-order valence-corrected chi connectivity index (χ3v) is 6.21. The molecule has 0 radical (unpaired) electrons. The molecule has 1 N–H and O–H groups in total. The van der Waals surface area contributed by atoms with E-state index in [0.717, 1.165) is 37.1 Å². The summed E-state index contributed by atoms with van der Waals surface area (Å²) in [6.07, 6.45) is 6.60. The van der Waals surface area contributed by atoms with Crippen LogP contribution >= 0.6 is 11.6 Å². The molecule has 1 aliphatic carbocycles. The van der Waals surface area contributed by atoms with Gasteiger partial charge < -0.3 is 10.2 Å². The van der Waals surface area contributed by atoms with Crippen molar-refractivity contribution < 1.29 is 9.59 Å². The molecule has 2 aromatic carbocycles. The topological polar surface area (TPSA) is 52.7 Å². The summed E-state index contributed by atoms with van der Waals surface area (Å²) in [7, 11) is 0. The van der Waals surface area contributed by atoms with E-state index in [0.29, 0.717) is 23.7 Å². The molecular weight excluding hydrogens is 398 g/mol. The second-order valence-electron chi connectivity index (χ2n) is 8.19. The van der Waals surface area contributed by atoms with E-state index in [1.165, 1.54) is 19.3 Å². The van der Waals surface area contributed by atoms with Crippen LogP contribution in [0.4, 0.5) is 10.5 Å². The van der Waals surface area contributed by atoms with Crippen LogP contribution in [0.5, 0.6) is 0 Å². The van der Waals surface area contributed by atoms with Gasteiger partial charge in [0.05, 0.1) is 0 Å². The van der Waals surface area contributed by atoms with E-state index >= 15 is 0 Å². The number of halogens is 1. The lowest BCUT2D eigenvalue weighted by Gasteiger charge is -2.36. The quantitative estimate of drug-likeness (QED) is 0.712. The monoisotopic (exact) mass is 425 g/mol. The molecule has 2 aliphatic rings. The molecule has 158 valence electrons. The summed E-state index contributed by atoms with van der Waals surface area (Å²) in [5.41, 5.74) is 2.44. The van der Waals surface area contributed by atoms with Crippen LogP contribution in [0, 0.1) is 0 Å². The molecule has 3 amide bonds. The molecule has 5 nitrogen and oxygen atoms in total. The van der Waals surface area contributed by atoms with Gasteiger partial charge in [-0.25, -0.2) is 4.79 Å². The molecule has 4 rings (SSSR count). The van der Waals surface area contributed by atoms with Crippen molar-refractivity contribution in [3.8, 4) is 0 Å². The Bertz CT molecular complexity index is 894. The van der Waals surface area contributed by atoms with Crippen LogP contribution in [0.3, 0.4) is 0 Å². The zero-order valence-electron chi connectivity index (χ0n) is 17.1. The van der Waals surface area contributed by atoms with Gasteiger partial charge >= 0.3 is 6.03 Å². The van der Waals surface area contributed by atoms with E-state index in [-0.39, 0.29) is 18.0 Å². The molecule has 0 unspecified atom stereocenters. The molecule has 2 fully saturated rings. The van der Waals surface area contributed by atoms with Crippen LogP contribution in [0.1, 0.15) is 54.4 Å². The number of rotatable bonds is 5. The minimum absolute atomic E-state index is 0.0268. The van der Waals surface area contributed by atoms with Gasteiger partial charge in [0.1, 0.15) is 0 Å². The Kier molecular flexibility index (Phi) is 6.58. The highest BCUT2D eigenvalue weighted by Gasteiger charge is 2.27. The summed E-state index contributed by atoms with van der Waals surface area (Å²) in [5.74, 6) is -0.0498. The molecule has 0 bridgehead atoms. The number of nitrogens with one attached hydrogen (secondary N) is 1. The van der Waals surface area contributed by atoms with Gasteiger partial charge in [-0.1, -0.05) is 49.1 Å². The van der Waals surface area contributed by atoms with Crippen molar-refractivity contribution in [3.05, 3.63) is 64.7 Å². The average molecular weight is 426 g/mol. The molecule has 0 aromatic heterocycles. The molecule has 1 saturated carbocycles. The molecule has 0 atom stereocenters. The SMILES string of the molecule is O=C(NC1CCCCC1)c1cccc(N2CCCN(Cc3ccc(Cl)cc3)C2=O)c1. The number of carbonyl (C=O) groups excluding carboxylic acids is 2. The normalized spacial score (nSPS) is 17.8. The van der Waals surface area contributed by atoms with Crippen LogP contribution in [-0.2, 0) is 6.54 Å². The van der Waals surface area contributed by atoms with E-state index in [2.05, 4.69) is 5.32 Å². The summed E-state index contributed by atoms with van der Waals surface area (Å²) in [5, 5.41) is 3.85.